The first-order valence-electron chi connectivity index (χ1n) is 9.96. The van der Waals surface area contributed by atoms with Crippen LogP contribution in [0.25, 0.3) is 0 Å². The van der Waals surface area contributed by atoms with Crippen molar-refractivity contribution in [2.45, 2.75) is 20.3 Å². The van der Waals surface area contributed by atoms with Gasteiger partial charge in [0.1, 0.15) is 5.69 Å². The van der Waals surface area contributed by atoms with Gasteiger partial charge in [0.2, 0.25) is 5.95 Å². The second-order valence-corrected chi connectivity index (χ2v) is 6.60. The van der Waals surface area contributed by atoms with E-state index >= 15 is 0 Å². The average molecular weight is 390 g/mol. The minimum atomic E-state index is -0.255. The van der Waals surface area contributed by atoms with Gasteiger partial charge in [0.05, 0.1) is 0 Å². The van der Waals surface area contributed by atoms with Crippen LogP contribution in [-0.2, 0) is 6.42 Å². The molecule has 3 aromatic rings. The highest BCUT2D eigenvalue weighted by molar-refractivity contribution is 6.03. The molecule has 0 saturated heterocycles. The van der Waals surface area contributed by atoms with Crippen LogP contribution in [-0.4, -0.2) is 35.5 Å². The van der Waals surface area contributed by atoms with Crippen molar-refractivity contribution in [2.24, 2.45) is 0 Å². The molecule has 0 fully saturated rings. The van der Waals surface area contributed by atoms with Crippen LogP contribution in [0.5, 0.6) is 0 Å². The zero-order valence-electron chi connectivity index (χ0n) is 16.9. The van der Waals surface area contributed by atoms with Crippen LogP contribution in [0.1, 0.15) is 29.9 Å². The third-order valence-corrected chi connectivity index (χ3v) is 4.68. The van der Waals surface area contributed by atoms with Crippen molar-refractivity contribution in [2.75, 3.05) is 35.2 Å². The van der Waals surface area contributed by atoms with E-state index < -0.39 is 0 Å². The van der Waals surface area contributed by atoms with Gasteiger partial charge in [-0.25, -0.2) is 9.97 Å². The Morgan fingerprint density at radius 2 is 1.69 bits per heavy atom. The molecule has 0 atom stereocenters. The number of carbonyl (C=O) groups excluding carboxylic acids is 1. The van der Waals surface area contributed by atoms with Crippen molar-refractivity contribution in [3.8, 4) is 0 Å². The number of rotatable bonds is 9. The lowest BCUT2D eigenvalue weighted by atomic mass is 10.1. The SMILES string of the molecule is CCN(CC)c1ccc(NC(=O)c2ccnc(NCCc3ccccc3)n2)cc1. The van der Waals surface area contributed by atoms with E-state index in [2.05, 4.69) is 51.5 Å². The van der Waals surface area contributed by atoms with Crippen molar-refractivity contribution >= 4 is 23.2 Å². The van der Waals surface area contributed by atoms with E-state index in [1.54, 1.807) is 12.3 Å². The van der Waals surface area contributed by atoms with Crippen molar-refractivity contribution in [1.82, 2.24) is 9.97 Å². The molecular formula is C23H27N5O. The largest absolute Gasteiger partial charge is 0.372 e. The number of nitrogens with one attached hydrogen (secondary N) is 2. The summed E-state index contributed by atoms with van der Waals surface area (Å²) in [4.78, 5) is 23.3. The molecule has 0 radical (unpaired) electrons. The zero-order valence-corrected chi connectivity index (χ0v) is 16.9. The number of amides is 1. The molecule has 0 bridgehead atoms. The average Bonchev–Trinajstić information content (AvgIpc) is 2.77. The second-order valence-electron chi connectivity index (χ2n) is 6.60. The van der Waals surface area contributed by atoms with E-state index in [0.29, 0.717) is 18.2 Å². The van der Waals surface area contributed by atoms with Crippen molar-refractivity contribution in [3.63, 3.8) is 0 Å². The summed E-state index contributed by atoms with van der Waals surface area (Å²) in [6.07, 6.45) is 2.45. The molecule has 2 aromatic carbocycles. The van der Waals surface area contributed by atoms with Gasteiger partial charge in [-0.15, -0.1) is 0 Å². The van der Waals surface area contributed by atoms with Gasteiger partial charge in [-0.2, -0.15) is 0 Å². The number of benzene rings is 2. The second kappa shape index (κ2) is 10.2. The molecule has 0 aliphatic rings. The predicted molar refractivity (Wildman–Crippen MR) is 119 cm³/mol. The molecule has 29 heavy (non-hydrogen) atoms. The van der Waals surface area contributed by atoms with Crippen LogP contribution in [0, 0.1) is 0 Å². The predicted octanol–water partition coefficient (Wildman–Crippen LogP) is 4.23. The molecule has 6 heteroatoms. The summed E-state index contributed by atoms with van der Waals surface area (Å²) in [6.45, 7) is 6.84. The molecule has 3 rings (SSSR count). The summed E-state index contributed by atoms with van der Waals surface area (Å²) < 4.78 is 0. The van der Waals surface area contributed by atoms with Gasteiger partial charge in [-0.1, -0.05) is 30.3 Å². The molecule has 1 aromatic heterocycles. The van der Waals surface area contributed by atoms with E-state index in [1.807, 2.05) is 42.5 Å². The fourth-order valence-electron chi connectivity index (χ4n) is 3.07. The van der Waals surface area contributed by atoms with Crippen LogP contribution < -0.4 is 15.5 Å². The summed E-state index contributed by atoms with van der Waals surface area (Å²) in [6, 6.07) is 19.7. The lowest BCUT2D eigenvalue weighted by Crippen LogP contribution is -2.21. The number of anilines is 3. The Morgan fingerprint density at radius 3 is 2.38 bits per heavy atom. The van der Waals surface area contributed by atoms with Crippen molar-refractivity contribution in [3.05, 3.63) is 78.1 Å². The molecule has 1 amide bonds. The fraction of sp³-hybridized carbons (Fsp3) is 0.261. The smallest absolute Gasteiger partial charge is 0.274 e. The Labute approximate surface area is 172 Å². The van der Waals surface area contributed by atoms with Gasteiger partial charge in [-0.3, -0.25) is 4.79 Å². The third kappa shape index (κ3) is 5.78. The van der Waals surface area contributed by atoms with E-state index in [4.69, 9.17) is 0 Å². The molecule has 150 valence electrons. The summed E-state index contributed by atoms with van der Waals surface area (Å²) in [5, 5.41) is 6.07. The number of aromatic nitrogens is 2. The summed E-state index contributed by atoms with van der Waals surface area (Å²) in [5.41, 5.74) is 3.44. The molecule has 6 nitrogen and oxygen atoms in total. The van der Waals surface area contributed by atoms with Crippen LogP contribution >= 0.6 is 0 Å². The molecule has 0 unspecified atom stereocenters. The molecule has 0 aliphatic heterocycles. The van der Waals surface area contributed by atoms with Crippen LogP contribution in [0.2, 0.25) is 0 Å². The highest BCUT2D eigenvalue weighted by Crippen LogP contribution is 2.18. The highest BCUT2D eigenvalue weighted by Gasteiger charge is 2.10. The minimum Gasteiger partial charge on any atom is -0.372 e. The maximum absolute atomic E-state index is 12.6. The van der Waals surface area contributed by atoms with Gasteiger partial charge in [0, 0.05) is 37.2 Å². The first-order chi connectivity index (χ1) is 14.2. The molecule has 1 heterocycles. The van der Waals surface area contributed by atoms with Gasteiger partial charge < -0.3 is 15.5 Å². The van der Waals surface area contributed by atoms with E-state index in [0.717, 1.165) is 30.9 Å². The first-order valence-corrected chi connectivity index (χ1v) is 9.96. The number of hydrogen-bond donors (Lipinski definition) is 2. The van der Waals surface area contributed by atoms with E-state index in [1.165, 1.54) is 5.56 Å². The Bertz CT molecular complexity index is 908. The first kappa shape index (κ1) is 20.3. The van der Waals surface area contributed by atoms with Gasteiger partial charge in [0.25, 0.3) is 5.91 Å². The van der Waals surface area contributed by atoms with E-state index in [9.17, 15) is 4.79 Å². The Balaban J connectivity index is 1.57. The standard InChI is InChI=1S/C23H27N5O/c1-3-28(4-2)20-12-10-19(11-13-20)26-22(29)21-15-17-25-23(27-21)24-16-14-18-8-6-5-7-9-18/h5-13,15,17H,3-4,14,16H2,1-2H3,(H,26,29)(H,24,25,27). The molecule has 2 N–H and O–H groups in total. The third-order valence-electron chi connectivity index (χ3n) is 4.68. The molecule has 0 spiro atoms. The lowest BCUT2D eigenvalue weighted by Gasteiger charge is -2.21. The molecule has 0 aliphatic carbocycles. The Kier molecular flexibility index (Phi) is 7.16. The normalized spacial score (nSPS) is 10.4. The summed E-state index contributed by atoms with van der Waals surface area (Å²) >= 11 is 0. The lowest BCUT2D eigenvalue weighted by molar-refractivity contribution is 0.102. The quantitative estimate of drug-likeness (QED) is 0.573. The zero-order chi connectivity index (χ0) is 20.5. The Hall–Kier alpha value is -3.41. The Morgan fingerprint density at radius 1 is 0.966 bits per heavy atom. The molecule has 0 saturated carbocycles. The van der Waals surface area contributed by atoms with Crippen molar-refractivity contribution in [1.29, 1.82) is 0 Å². The van der Waals surface area contributed by atoms with Gasteiger partial charge >= 0.3 is 0 Å². The number of nitrogens with zero attached hydrogens (tertiary/aromatic N) is 3. The number of hydrogen-bond acceptors (Lipinski definition) is 5. The monoisotopic (exact) mass is 389 g/mol. The van der Waals surface area contributed by atoms with Gasteiger partial charge in [0.15, 0.2) is 0 Å². The molecular weight excluding hydrogens is 362 g/mol. The topological polar surface area (TPSA) is 70.2 Å². The van der Waals surface area contributed by atoms with Crippen LogP contribution in [0.3, 0.4) is 0 Å². The minimum absolute atomic E-state index is 0.255. The van der Waals surface area contributed by atoms with Crippen molar-refractivity contribution < 1.29 is 4.79 Å². The maximum atomic E-state index is 12.6. The maximum Gasteiger partial charge on any atom is 0.274 e. The van der Waals surface area contributed by atoms with Crippen LogP contribution in [0.4, 0.5) is 17.3 Å². The van der Waals surface area contributed by atoms with E-state index in [-0.39, 0.29) is 5.91 Å². The van der Waals surface area contributed by atoms with Gasteiger partial charge in [-0.05, 0) is 56.2 Å². The summed E-state index contributed by atoms with van der Waals surface area (Å²) in [5.74, 6) is 0.194. The number of carbonyl (C=O) groups is 1. The highest BCUT2D eigenvalue weighted by atomic mass is 16.1. The van der Waals surface area contributed by atoms with Crippen LogP contribution in [0.15, 0.2) is 66.9 Å². The fourth-order valence-corrected chi connectivity index (χ4v) is 3.07. The summed E-state index contributed by atoms with van der Waals surface area (Å²) in [7, 11) is 0.